The number of aliphatic hydroxyl groups is 2. The Labute approximate surface area is 373 Å². The molecule has 0 aromatic carbocycles. The summed E-state index contributed by atoms with van der Waals surface area (Å²) in [4.78, 5) is 26.1. The second-order valence-electron chi connectivity index (χ2n) is 17.9. The minimum Gasteiger partial charge on any atom is -0.462 e. The topological polar surface area (TPSA) is 95.9 Å². The molecule has 0 bridgehead atoms. The summed E-state index contributed by atoms with van der Waals surface area (Å²) in [5.41, 5.74) is 0. The lowest BCUT2D eigenvalue weighted by Crippen LogP contribution is -2.46. The summed E-state index contributed by atoms with van der Waals surface area (Å²) in [6.45, 7) is 6.45. The molecule has 0 rings (SSSR count). The smallest absolute Gasteiger partial charge is 0.306 e. The van der Waals surface area contributed by atoms with Crippen molar-refractivity contribution in [3.63, 3.8) is 0 Å². The van der Waals surface area contributed by atoms with Crippen molar-refractivity contribution in [2.45, 2.75) is 289 Å². The molecule has 3 atom stereocenters. The molecule has 60 heavy (non-hydrogen) atoms. The number of ether oxygens (including phenoxy) is 1. The third-order valence-corrected chi connectivity index (χ3v) is 12.0. The summed E-state index contributed by atoms with van der Waals surface area (Å²) in [6.07, 6.45) is 56.3. The van der Waals surface area contributed by atoms with Crippen LogP contribution in [0.25, 0.3) is 0 Å². The fourth-order valence-corrected chi connectivity index (χ4v) is 7.97. The molecule has 0 fully saturated rings. The molecule has 3 N–H and O–H groups in total. The van der Waals surface area contributed by atoms with Gasteiger partial charge in [0.1, 0.15) is 6.10 Å². The summed E-state index contributed by atoms with van der Waals surface area (Å²) in [6, 6.07) is -0.710. The Morgan fingerprint density at radius 3 is 1.30 bits per heavy atom. The molecule has 0 radical (unpaired) electrons. The summed E-state index contributed by atoms with van der Waals surface area (Å²) < 4.78 is 5.92. The number of allylic oxidation sites excluding steroid dienone is 6. The van der Waals surface area contributed by atoms with Crippen LogP contribution >= 0.6 is 0 Å². The van der Waals surface area contributed by atoms with E-state index < -0.39 is 18.2 Å². The van der Waals surface area contributed by atoms with E-state index in [9.17, 15) is 19.8 Å². The van der Waals surface area contributed by atoms with Crippen molar-refractivity contribution < 1.29 is 24.5 Å². The zero-order valence-corrected chi connectivity index (χ0v) is 40.1. The first-order valence-electron chi connectivity index (χ1n) is 26.2. The molecule has 0 saturated heterocycles. The number of carbonyl (C=O) groups is 2. The molecule has 352 valence electrons. The molecule has 6 nitrogen and oxygen atoms in total. The largest absolute Gasteiger partial charge is 0.462 e. The fraction of sp³-hybridized carbons (Fsp3) is 0.852. The van der Waals surface area contributed by atoms with Gasteiger partial charge in [0.05, 0.1) is 25.2 Å². The van der Waals surface area contributed by atoms with Gasteiger partial charge in [-0.3, -0.25) is 9.59 Å². The molecular formula is C54H101NO5. The van der Waals surface area contributed by atoms with Crippen molar-refractivity contribution in [3.8, 4) is 0 Å². The number of amides is 1. The first kappa shape index (κ1) is 58.1. The van der Waals surface area contributed by atoms with Gasteiger partial charge in [-0.2, -0.15) is 0 Å². The third-order valence-electron chi connectivity index (χ3n) is 12.0. The lowest BCUT2D eigenvalue weighted by Gasteiger charge is -2.24. The summed E-state index contributed by atoms with van der Waals surface area (Å²) in [5.74, 6) is -0.501. The molecule has 6 heteroatoms. The molecule has 0 spiro atoms. The highest BCUT2D eigenvalue weighted by atomic mass is 16.5. The lowest BCUT2D eigenvalue weighted by atomic mass is 10.0. The van der Waals surface area contributed by atoms with Crippen LogP contribution in [0.2, 0.25) is 0 Å². The second-order valence-corrected chi connectivity index (χ2v) is 17.9. The quantitative estimate of drug-likeness (QED) is 0.0322. The highest BCUT2D eigenvalue weighted by Gasteiger charge is 2.24. The van der Waals surface area contributed by atoms with Gasteiger partial charge in [-0.15, -0.1) is 0 Å². The molecule has 0 aromatic heterocycles. The van der Waals surface area contributed by atoms with Gasteiger partial charge < -0.3 is 20.3 Å². The normalized spacial score (nSPS) is 13.5. The van der Waals surface area contributed by atoms with E-state index in [1.54, 1.807) is 0 Å². The van der Waals surface area contributed by atoms with Crippen molar-refractivity contribution in [1.29, 1.82) is 0 Å². The van der Waals surface area contributed by atoms with Crippen LogP contribution in [0, 0.1) is 0 Å². The van der Waals surface area contributed by atoms with E-state index in [0.29, 0.717) is 19.3 Å². The standard InChI is InChI=1S/C54H101NO5/c1-4-7-10-13-16-19-22-24-26-28-30-32-35-38-41-44-47-54(59)60-50(45-42-39-36-33-31-29-27-25-23-20-17-14-11-8-5-2)48-53(58)55-51(49-56)52(57)46-43-40-37-34-21-18-15-12-9-6-3/h17,20,25,27,31,33,50-52,56-57H,4-16,18-19,21-24,26,28-30,32,34-49H2,1-3H3,(H,55,58)/b20-17-,27-25-,33-31-. The van der Waals surface area contributed by atoms with Gasteiger partial charge in [0.15, 0.2) is 0 Å². The Bertz CT molecular complexity index is 993. The van der Waals surface area contributed by atoms with E-state index in [-0.39, 0.29) is 24.9 Å². The minimum atomic E-state index is -0.794. The van der Waals surface area contributed by atoms with Crippen LogP contribution in [0.1, 0.15) is 271 Å². The Morgan fingerprint density at radius 2 is 0.850 bits per heavy atom. The van der Waals surface area contributed by atoms with Crippen LogP contribution in [-0.2, 0) is 14.3 Å². The average molecular weight is 844 g/mol. The van der Waals surface area contributed by atoms with Crippen molar-refractivity contribution >= 4 is 11.9 Å². The van der Waals surface area contributed by atoms with Gasteiger partial charge in [-0.05, 0) is 64.2 Å². The third kappa shape index (κ3) is 42.8. The maximum absolute atomic E-state index is 13.2. The minimum absolute atomic E-state index is 0.0554. The lowest BCUT2D eigenvalue weighted by molar-refractivity contribution is -0.151. The van der Waals surface area contributed by atoms with Crippen molar-refractivity contribution in [3.05, 3.63) is 36.5 Å². The Balaban J connectivity index is 4.61. The highest BCUT2D eigenvalue weighted by molar-refractivity contribution is 5.77. The molecular weight excluding hydrogens is 743 g/mol. The number of rotatable bonds is 47. The van der Waals surface area contributed by atoms with Crippen molar-refractivity contribution in [2.24, 2.45) is 0 Å². The van der Waals surface area contributed by atoms with Crippen LogP contribution < -0.4 is 5.32 Å². The Hall–Kier alpha value is -1.92. The van der Waals surface area contributed by atoms with Crippen molar-refractivity contribution in [2.75, 3.05) is 6.61 Å². The Morgan fingerprint density at radius 1 is 0.483 bits per heavy atom. The van der Waals surface area contributed by atoms with Crippen LogP contribution in [0.3, 0.4) is 0 Å². The van der Waals surface area contributed by atoms with Gasteiger partial charge in [-0.25, -0.2) is 0 Å². The number of hydrogen-bond acceptors (Lipinski definition) is 5. The molecule has 0 aliphatic carbocycles. The second kappa shape index (κ2) is 48.1. The average Bonchev–Trinajstić information content (AvgIpc) is 3.24. The highest BCUT2D eigenvalue weighted by Crippen LogP contribution is 2.18. The molecule has 1 amide bonds. The Kier molecular flexibility index (Phi) is 46.6. The number of aliphatic hydroxyl groups excluding tert-OH is 2. The molecule has 0 saturated carbocycles. The molecule has 0 aromatic rings. The van der Waals surface area contributed by atoms with E-state index in [2.05, 4.69) is 62.5 Å². The summed E-state index contributed by atoms with van der Waals surface area (Å²) in [5, 5.41) is 23.7. The fourth-order valence-electron chi connectivity index (χ4n) is 7.97. The SMILES string of the molecule is CCCCC/C=C\C/C=C\C/C=C\CCCCC(CC(=O)NC(CO)C(O)CCCCCCCCCCCC)OC(=O)CCCCCCCCCCCCCCCCCC. The van der Waals surface area contributed by atoms with Crippen LogP contribution in [0.15, 0.2) is 36.5 Å². The maximum Gasteiger partial charge on any atom is 0.306 e. The summed E-state index contributed by atoms with van der Waals surface area (Å²) in [7, 11) is 0. The van der Waals surface area contributed by atoms with Gasteiger partial charge in [0.2, 0.25) is 5.91 Å². The number of nitrogens with one attached hydrogen (secondary N) is 1. The van der Waals surface area contributed by atoms with Crippen LogP contribution in [-0.4, -0.2) is 46.9 Å². The first-order valence-corrected chi connectivity index (χ1v) is 26.2. The van der Waals surface area contributed by atoms with E-state index in [4.69, 9.17) is 4.74 Å². The van der Waals surface area contributed by atoms with Gasteiger partial charge in [-0.1, -0.05) is 231 Å². The van der Waals surface area contributed by atoms with E-state index in [1.807, 2.05) is 0 Å². The monoisotopic (exact) mass is 844 g/mol. The van der Waals surface area contributed by atoms with E-state index in [0.717, 1.165) is 70.6 Å². The molecule has 0 aliphatic rings. The molecule has 0 heterocycles. The maximum atomic E-state index is 13.2. The number of carbonyl (C=O) groups excluding carboxylic acids is 2. The first-order chi connectivity index (χ1) is 29.5. The van der Waals surface area contributed by atoms with Gasteiger partial charge in [0.25, 0.3) is 0 Å². The predicted octanol–water partition coefficient (Wildman–Crippen LogP) is 15.7. The molecule has 0 aliphatic heterocycles. The van der Waals surface area contributed by atoms with Gasteiger partial charge >= 0.3 is 5.97 Å². The van der Waals surface area contributed by atoms with Gasteiger partial charge in [0, 0.05) is 6.42 Å². The zero-order chi connectivity index (χ0) is 43.8. The number of unbranched alkanes of at least 4 members (excludes halogenated alkanes) is 29. The van der Waals surface area contributed by atoms with E-state index in [1.165, 1.54) is 154 Å². The zero-order valence-electron chi connectivity index (χ0n) is 40.1. The molecule has 3 unspecified atom stereocenters. The predicted molar refractivity (Wildman–Crippen MR) is 259 cm³/mol. The van der Waals surface area contributed by atoms with Crippen LogP contribution in [0.4, 0.5) is 0 Å². The number of esters is 1. The van der Waals surface area contributed by atoms with Crippen molar-refractivity contribution in [1.82, 2.24) is 5.32 Å². The van der Waals surface area contributed by atoms with Crippen LogP contribution in [0.5, 0.6) is 0 Å². The summed E-state index contributed by atoms with van der Waals surface area (Å²) >= 11 is 0. The van der Waals surface area contributed by atoms with E-state index >= 15 is 0 Å². The number of hydrogen-bond donors (Lipinski definition) is 3.